The fourth-order valence-electron chi connectivity index (χ4n) is 4.63. The van der Waals surface area contributed by atoms with Crippen LogP contribution in [0.25, 0.3) is 33.4 Å². The predicted molar refractivity (Wildman–Crippen MR) is 150 cm³/mol. The first-order chi connectivity index (χ1) is 18.8. The summed E-state index contributed by atoms with van der Waals surface area (Å²) in [5, 5.41) is 0. The lowest BCUT2D eigenvalue weighted by molar-refractivity contribution is -0.688. The average Bonchev–Trinajstić information content (AvgIpc) is 3.00. The van der Waals surface area contributed by atoms with Crippen molar-refractivity contribution < 1.29 is 26.1 Å². The molecule has 0 atom stereocenters. The second-order valence-corrected chi connectivity index (χ2v) is 9.38. The molecule has 0 bridgehead atoms. The van der Waals surface area contributed by atoms with Crippen molar-refractivity contribution >= 4 is 0 Å². The molecule has 6 aromatic rings. The molecule has 4 nitrogen and oxygen atoms in total. The molecule has 0 fully saturated rings. The molecule has 39 heavy (non-hydrogen) atoms. The second kappa shape index (κ2) is 12.4. The van der Waals surface area contributed by atoms with Gasteiger partial charge in [-0.25, -0.2) is 9.13 Å². The maximum Gasteiger partial charge on any atom is 0.173 e. The highest BCUT2D eigenvalue weighted by molar-refractivity contribution is 5.64. The van der Waals surface area contributed by atoms with Gasteiger partial charge in [-0.05, 0) is 57.6 Å². The quantitative estimate of drug-likeness (QED) is 0.276. The summed E-state index contributed by atoms with van der Waals surface area (Å²) in [6.45, 7) is 1.68. The summed E-state index contributed by atoms with van der Waals surface area (Å²) in [5.74, 6) is 0. The van der Waals surface area contributed by atoms with Gasteiger partial charge in [0.2, 0.25) is 0 Å². The van der Waals surface area contributed by atoms with E-state index in [0.29, 0.717) is 0 Å². The highest BCUT2D eigenvalue weighted by Crippen LogP contribution is 2.21. The maximum absolute atomic E-state index is 4.10. The summed E-state index contributed by atoms with van der Waals surface area (Å²) < 4.78 is 4.41. The summed E-state index contributed by atoms with van der Waals surface area (Å²) in [6.07, 6.45) is 15.8. The third-order valence-corrected chi connectivity index (χ3v) is 6.78. The molecule has 0 unspecified atom stereocenters. The first kappa shape index (κ1) is 26.1. The van der Waals surface area contributed by atoms with E-state index in [9.17, 15) is 0 Å². The van der Waals surface area contributed by atoms with Crippen LogP contribution in [-0.2, 0) is 13.1 Å². The van der Waals surface area contributed by atoms with E-state index in [1.54, 1.807) is 0 Å². The van der Waals surface area contributed by atoms with Crippen LogP contribution in [0.3, 0.4) is 0 Å². The molecule has 5 heteroatoms. The van der Waals surface area contributed by atoms with E-state index < -0.39 is 0 Å². The molecule has 2 aromatic carbocycles. The zero-order valence-corrected chi connectivity index (χ0v) is 23.0. The molecule has 0 spiro atoms. The van der Waals surface area contributed by atoms with Gasteiger partial charge >= 0.3 is 0 Å². The van der Waals surface area contributed by atoms with Crippen LogP contribution in [0, 0.1) is 0 Å². The monoisotopic (exact) mass is 571 g/mol. The summed E-state index contributed by atoms with van der Waals surface area (Å²) in [5.41, 5.74) is 9.77. The fourth-order valence-corrected chi connectivity index (χ4v) is 4.63. The largest absolute Gasteiger partial charge is 1.00 e. The first-order valence-corrected chi connectivity index (χ1v) is 12.8. The number of benzene rings is 2. The van der Waals surface area contributed by atoms with Gasteiger partial charge in [-0.1, -0.05) is 48.5 Å². The minimum absolute atomic E-state index is 0. The van der Waals surface area contributed by atoms with E-state index in [4.69, 9.17) is 0 Å². The number of rotatable bonds is 7. The van der Waals surface area contributed by atoms with Gasteiger partial charge in [0.1, 0.15) is 0 Å². The van der Waals surface area contributed by atoms with E-state index in [-0.39, 0.29) is 17.0 Å². The van der Waals surface area contributed by atoms with Gasteiger partial charge in [0.25, 0.3) is 0 Å². The van der Waals surface area contributed by atoms with Gasteiger partial charge in [-0.15, -0.1) is 0 Å². The highest BCUT2D eigenvalue weighted by atomic mass is 79.9. The third kappa shape index (κ3) is 6.51. The molecule has 6 rings (SSSR count). The summed E-state index contributed by atoms with van der Waals surface area (Å²) in [4.78, 5) is 8.20. The van der Waals surface area contributed by atoms with Crippen LogP contribution in [0.2, 0.25) is 0 Å². The highest BCUT2D eigenvalue weighted by Gasteiger charge is 2.08. The Hall–Kier alpha value is -4.48. The van der Waals surface area contributed by atoms with E-state index >= 15 is 0 Å². The minimum Gasteiger partial charge on any atom is -1.00 e. The average molecular weight is 573 g/mol. The standard InChI is InChI=1S/C34H28N4.BrH/c1-5-29(6-2-27(1)25-37-21-13-33(14-22-37)31-9-17-35-18-10-31)30-7-3-28(4-8-30)26-38-23-15-34(16-24-38)32-11-19-36-20-12-32;/h1-24H,25-26H2;1H/q+2;/p-1. The van der Waals surface area contributed by atoms with Crippen molar-refractivity contribution in [2.75, 3.05) is 0 Å². The fraction of sp³-hybridized carbons (Fsp3) is 0.0588. The van der Waals surface area contributed by atoms with Gasteiger partial charge < -0.3 is 17.0 Å². The summed E-state index contributed by atoms with van der Waals surface area (Å²) >= 11 is 0. The molecule has 0 aliphatic carbocycles. The van der Waals surface area contributed by atoms with Crippen LogP contribution < -0.4 is 26.1 Å². The Balaban J connectivity index is 0.00000308. The first-order valence-electron chi connectivity index (χ1n) is 12.8. The Kier molecular flexibility index (Phi) is 8.29. The Bertz CT molecular complexity index is 1470. The molecule has 190 valence electrons. The molecule has 4 aromatic heterocycles. The van der Waals surface area contributed by atoms with Crippen molar-refractivity contribution in [3.8, 4) is 33.4 Å². The normalized spacial score (nSPS) is 10.6. The molecule has 0 N–H and O–H groups in total. The van der Waals surface area contributed by atoms with Gasteiger partial charge in [0, 0.05) is 60.2 Å². The van der Waals surface area contributed by atoms with Crippen LogP contribution in [-0.4, -0.2) is 9.97 Å². The zero-order chi connectivity index (χ0) is 25.6. The molecule has 0 saturated carbocycles. The Morgan fingerprint density at radius 1 is 0.359 bits per heavy atom. The van der Waals surface area contributed by atoms with Gasteiger partial charge in [0.05, 0.1) is 0 Å². The van der Waals surface area contributed by atoms with Crippen LogP contribution in [0.5, 0.6) is 0 Å². The lowest BCUT2D eigenvalue weighted by Crippen LogP contribution is -3.00. The van der Waals surface area contributed by atoms with E-state index in [1.165, 1.54) is 44.5 Å². The number of halogens is 1. The van der Waals surface area contributed by atoms with Crippen LogP contribution in [0.1, 0.15) is 11.1 Å². The molecule has 0 aliphatic rings. The lowest BCUT2D eigenvalue weighted by Gasteiger charge is -2.05. The van der Waals surface area contributed by atoms with Crippen molar-refractivity contribution in [1.29, 1.82) is 0 Å². The van der Waals surface area contributed by atoms with Crippen LogP contribution >= 0.6 is 0 Å². The SMILES string of the molecule is [Br-].c1cc(-c2cc[n+](Cc3ccc(-c4ccc(C[n+]5ccc(-c6ccncc6)cc5)cc4)cc3)cc2)ccn1. The molecule has 4 heterocycles. The van der Waals surface area contributed by atoms with Crippen molar-refractivity contribution in [1.82, 2.24) is 9.97 Å². The molecule has 0 aliphatic heterocycles. The Morgan fingerprint density at radius 3 is 0.974 bits per heavy atom. The molecule has 0 saturated heterocycles. The summed E-state index contributed by atoms with van der Waals surface area (Å²) in [6, 6.07) is 34.4. The van der Waals surface area contributed by atoms with Gasteiger partial charge in [-0.2, -0.15) is 0 Å². The second-order valence-electron chi connectivity index (χ2n) is 9.38. The number of aromatic nitrogens is 4. The molecule has 0 amide bonds. The lowest BCUT2D eigenvalue weighted by atomic mass is 10.0. The molecular weight excluding hydrogens is 544 g/mol. The number of hydrogen-bond donors (Lipinski definition) is 0. The van der Waals surface area contributed by atoms with Gasteiger partial charge in [0.15, 0.2) is 37.9 Å². The Morgan fingerprint density at radius 2 is 0.641 bits per heavy atom. The minimum atomic E-state index is 0. The van der Waals surface area contributed by atoms with Crippen LogP contribution in [0.4, 0.5) is 0 Å². The van der Waals surface area contributed by atoms with Crippen LogP contribution in [0.15, 0.2) is 147 Å². The van der Waals surface area contributed by atoms with Crippen molar-refractivity contribution in [2.45, 2.75) is 13.1 Å². The predicted octanol–water partition coefficient (Wildman–Crippen LogP) is 3.15. The Labute approximate surface area is 239 Å². The smallest absolute Gasteiger partial charge is 0.173 e. The summed E-state index contributed by atoms with van der Waals surface area (Å²) in [7, 11) is 0. The van der Waals surface area contributed by atoms with Crippen molar-refractivity contribution in [3.05, 3.63) is 158 Å². The topological polar surface area (TPSA) is 33.5 Å². The maximum atomic E-state index is 4.10. The molecular formula is C34H28BrN4+. The molecule has 0 radical (unpaired) electrons. The zero-order valence-electron chi connectivity index (χ0n) is 21.4. The van der Waals surface area contributed by atoms with Crippen molar-refractivity contribution in [2.24, 2.45) is 0 Å². The number of nitrogens with zero attached hydrogens (tertiary/aromatic N) is 4. The number of pyridine rings is 4. The number of hydrogen-bond acceptors (Lipinski definition) is 2. The van der Waals surface area contributed by atoms with Gasteiger partial charge in [-0.3, -0.25) is 9.97 Å². The van der Waals surface area contributed by atoms with Crippen molar-refractivity contribution in [3.63, 3.8) is 0 Å². The van der Waals surface area contributed by atoms with E-state index in [0.717, 1.165) is 13.1 Å². The van der Waals surface area contributed by atoms with E-state index in [2.05, 4.69) is 117 Å². The third-order valence-electron chi connectivity index (χ3n) is 6.78. The van der Waals surface area contributed by atoms with E-state index in [1.807, 2.05) is 49.1 Å².